The average Bonchev–Trinajstić information content (AvgIpc) is 2.46. The van der Waals surface area contributed by atoms with E-state index < -0.39 is 10.0 Å². The maximum atomic E-state index is 11.2. The number of hydrogen-bond donors (Lipinski definition) is 2. The zero-order chi connectivity index (χ0) is 15.7. The second kappa shape index (κ2) is 5.53. The molecule has 2 aromatic carbocycles. The van der Waals surface area contributed by atoms with E-state index in [2.05, 4.69) is 15.3 Å². The second-order valence-corrected chi connectivity index (χ2v) is 6.45. The number of para-hydroxylation sites is 1. The second-order valence-electron chi connectivity index (χ2n) is 4.55. The SMILES string of the molecule is NS(=O)(=O)c1ccc(Nc2nc(Cl)nc3ccccc23)cc1. The van der Waals surface area contributed by atoms with Crippen LogP contribution in [0.4, 0.5) is 11.5 Å². The van der Waals surface area contributed by atoms with Gasteiger partial charge in [-0.25, -0.2) is 18.5 Å². The van der Waals surface area contributed by atoms with E-state index in [-0.39, 0.29) is 10.2 Å². The number of hydrogen-bond acceptors (Lipinski definition) is 5. The summed E-state index contributed by atoms with van der Waals surface area (Å²) >= 11 is 5.92. The fraction of sp³-hybridized carbons (Fsp3) is 0. The molecule has 3 rings (SSSR count). The van der Waals surface area contributed by atoms with Crippen molar-refractivity contribution < 1.29 is 8.42 Å². The van der Waals surface area contributed by atoms with Crippen molar-refractivity contribution in [2.75, 3.05) is 5.32 Å². The van der Waals surface area contributed by atoms with E-state index in [1.807, 2.05) is 24.3 Å². The molecule has 1 heterocycles. The van der Waals surface area contributed by atoms with Gasteiger partial charge in [0.1, 0.15) is 5.82 Å². The molecule has 8 heteroatoms. The Balaban J connectivity index is 2.00. The quantitative estimate of drug-likeness (QED) is 0.717. The first kappa shape index (κ1) is 14.7. The van der Waals surface area contributed by atoms with Gasteiger partial charge in [-0.1, -0.05) is 12.1 Å². The molecule has 0 saturated heterocycles. The van der Waals surface area contributed by atoms with Crippen LogP contribution in [0.2, 0.25) is 5.28 Å². The van der Waals surface area contributed by atoms with Crippen LogP contribution in [0.15, 0.2) is 53.4 Å². The molecule has 0 atom stereocenters. The molecule has 0 aliphatic carbocycles. The number of halogens is 1. The summed E-state index contributed by atoms with van der Waals surface area (Å²) in [6.07, 6.45) is 0. The minimum atomic E-state index is -3.71. The van der Waals surface area contributed by atoms with Gasteiger partial charge in [0.25, 0.3) is 0 Å². The number of rotatable bonds is 3. The lowest BCUT2D eigenvalue weighted by molar-refractivity contribution is 0.598. The fourth-order valence-electron chi connectivity index (χ4n) is 2.01. The Kier molecular flexibility index (Phi) is 3.69. The topological polar surface area (TPSA) is 98.0 Å². The molecular formula is C14H11ClN4O2S. The van der Waals surface area contributed by atoms with Crippen molar-refractivity contribution in [3.8, 4) is 0 Å². The van der Waals surface area contributed by atoms with Gasteiger partial charge in [-0.2, -0.15) is 4.98 Å². The van der Waals surface area contributed by atoms with Crippen molar-refractivity contribution >= 4 is 44.0 Å². The Labute approximate surface area is 132 Å². The number of aromatic nitrogens is 2. The minimum Gasteiger partial charge on any atom is -0.340 e. The smallest absolute Gasteiger partial charge is 0.238 e. The minimum absolute atomic E-state index is 0.0450. The molecule has 0 spiro atoms. The van der Waals surface area contributed by atoms with Gasteiger partial charge in [0.15, 0.2) is 0 Å². The first-order valence-corrected chi connectivity index (χ1v) is 8.18. The van der Waals surface area contributed by atoms with E-state index in [9.17, 15) is 8.42 Å². The van der Waals surface area contributed by atoms with Gasteiger partial charge in [0.05, 0.1) is 10.4 Å². The predicted molar refractivity (Wildman–Crippen MR) is 85.6 cm³/mol. The number of sulfonamides is 1. The third kappa shape index (κ3) is 3.01. The highest BCUT2D eigenvalue weighted by Crippen LogP contribution is 2.25. The Morgan fingerprint density at radius 3 is 2.36 bits per heavy atom. The lowest BCUT2D eigenvalue weighted by Crippen LogP contribution is -2.11. The number of nitrogens with two attached hydrogens (primary N) is 1. The molecule has 0 fully saturated rings. The fourth-order valence-corrected chi connectivity index (χ4v) is 2.70. The van der Waals surface area contributed by atoms with E-state index in [4.69, 9.17) is 16.7 Å². The first-order valence-electron chi connectivity index (χ1n) is 6.26. The number of benzene rings is 2. The van der Waals surface area contributed by atoms with E-state index in [0.717, 1.165) is 5.39 Å². The Morgan fingerprint density at radius 1 is 1.00 bits per heavy atom. The summed E-state index contributed by atoms with van der Waals surface area (Å²) in [5.74, 6) is 0.541. The highest BCUT2D eigenvalue weighted by atomic mass is 35.5. The van der Waals surface area contributed by atoms with Gasteiger partial charge in [0, 0.05) is 11.1 Å². The monoisotopic (exact) mass is 334 g/mol. The molecule has 0 aliphatic rings. The molecule has 1 aromatic heterocycles. The van der Waals surface area contributed by atoms with Gasteiger partial charge in [-0.3, -0.25) is 0 Å². The summed E-state index contributed by atoms with van der Waals surface area (Å²) in [7, 11) is -3.71. The average molecular weight is 335 g/mol. The summed E-state index contributed by atoms with van der Waals surface area (Å²) in [4.78, 5) is 8.36. The molecule has 0 saturated carbocycles. The highest BCUT2D eigenvalue weighted by Gasteiger charge is 2.09. The van der Waals surface area contributed by atoms with Crippen LogP contribution >= 0.6 is 11.6 Å². The third-order valence-corrected chi connectivity index (χ3v) is 4.12. The van der Waals surface area contributed by atoms with Crippen molar-refractivity contribution in [2.45, 2.75) is 4.90 Å². The predicted octanol–water partition coefficient (Wildman–Crippen LogP) is 2.67. The van der Waals surface area contributed by atoms with E-state index >= 15 is 0 Å². The summed E-state index contributed by atoms with van der Waals surface area (Å²) < 4.78 is 22.5. The van der Waals surface area contributed by atoms with E-state index in [1.54, 1.807) is 12.1 Å². The zero-order valence-electron chi connectivity index (χ0n) is 11.2. The Morgan fingerprint density at radius 2 is 1.68 bits per heavy atom. The van der Waals surface area contributed by atoms with Gasteiger partial charge in [-0.05, 0) is 48.0 Å². The van der Waals surface area contributed by atoms with Gasteiger partial charge in [0.2, 0.25) is 15.3 Å². The molecule has 0 radical (unpaired) electrons. The van der Waals surface area contributed by atoms with E-state index in [0.29, 0.717) is 17.0 Å². The van der Waals surface area contributed by atoms with Crippen LogP contribution in [0.25, 0.3) is 10.9 Å². The van der Waals surface area contributed by atoms with Gasteiger partial charge in [-0.15, -0.1) is 0 Å². The van der Waals surface area contributed by atoms with Crippen LogP contribution in [-0.2, 0) is 10.0 Å². The van der Waals surface area contributed by atoms with Crippen LogP contribution in [0.5, 0.6) is 0 Å². The van der Waals surface area contributed by atoms with Crippen LogP contribution in [0, 0.1) is 0 Å². The zero-order valence-corrected chi connectivity index (χ0v) is 12.8. The van der Waals surface area contributed by atoms with Crippen LogP contribution < -0.4 is 10.5 Å². The number of anilines is 2. The highest BCUT2D eigenvalue weighted by molar-refractivity contribution is 7.89. The van der Waals surface area contributed by atoms with Crippen molar-refractivity contribution in [3.05, 3.63) is 53.8 Å². The lowest BCUT2D eigenvalue weighted by atomic mass is 10.2. The summed E-state index contributed by atoms with van der Waals surface area (Å²) in [6.45, 7) is 0. The molecule has 3 N–H and O–H groups in total. The van der Waals surface area contributed by atoms with Crippen LogP contribution in [0.3, 0.4) is 0 Å². The third-order valence-electron chi connectivity index (χ3n) is 3.02. The maximum absolute atomic E-state index is 11.2. The van der Waals surface area contributed by atoms with Crippen molar-refractivity contribution in [1.29, 1.82) is 0 Å². The Hall–Kier alpha value is -2.22. The molecule has 0 amide bonds. The molecule has 0 unspecified atom stereocenters. The lowest BCUT2D eigenvalue weighted by Gasteiger charge is -2.09. The number of nitrogens with one attached hydrogen (secondary N) is 1. The Bertz CT molecular complexity index is 943. The van der Waals surface area contributed by atoms with Gasteiger partial charge < -0.3 is 5.32 Å². The molecule has 0 aliphatic heterocycles. The summed E-state index contributed by atoms with van der Waals surface area (Å²) in [5.41, 5.74) is 1.37. The summed E-state index contributed by atoms with van der Waals surface area (Å²) in [6, 6.07) is 13.5. The van der Waals surface area contributed by atoms with Gasteiger partial charge >= 0.3 is 0 Å². The first-order chi connectivity index (χ1) is 10.4. The van der Waals surface area contributed by atoms with Crippen LogP contribution in [-0.4, -0.2) is 18.4 Å². The summed E-state index contributed by atoms with van der Waals surface area (Å²) in [5, 5.41) is 9.10. The standard InChI is InChI=1S/C14H11ClN4O2S/c15-14-18-12-4-2-1-3-11(12)13(19-14)17-9-5-7-10(8-6-9)22(16,20)21/h1-8H,(H2,16,20,21)(H,17,18,19). The number of fused-ring (bicyclic) bond motifs is 1. The van der Waals surface area contributed by atoms with Crippen molar-refractivity contribution in [2.24, 2.45) is 5.14 Å². The molecule has 3 aromatic rings. The normalized spacial score (nSPS) is 11.5. The number of primary sulfonamides is 1. The maximum Gasteiger partial charge on any atom is 0.238 e. The van der Waals surface area contributed by atoms with Crippen molar-refractivity contribution in [3.63, 3.8) is 0 Å². The van der Waals surface area contributed by atoms with E-state index in [1.165, 1.54) is 12.1 Å². The molecule has 22 heavy (non-hydrogen) atoms. The number of nitrogens with zero attached hydrogens (tertiary/aromatic N) is 2. The van der Waals surface area contributed by atoms with Crippen molar-refractivity contribution in [1.82, 2.24) is 9.97 Å². The molecule has 6 nitrogen and oxygen atoms in total. The molecule has 0 bridgehead atoms. The molecule has 112 valence electrons. The largest absolute Gasteiger partial charge is 0.340 e. The molecular weight excluding hydrogens is 324 g/mol. The van der Waals surface area contributed by atoms with Crippen LogP contribution in [0.1, 0.15) is 0 Å².